The Morgan fingerprint density at radius 1 is 0.867 bits per heavy atom. The van der Waals surface area contributed by atoms with E-state index in [4.69, 9.17) is 11.6 Å². The summed E-state index contributed by atoms with van der Waals surface area (Å²) < 4.78 is 0. The molecular formula is C23H27B2ClI2P2. The molecule has 8 saturated carbocycles. The van der Waals surface area contributed by atoms with Crippen molar-refractivity contribution in [2.75, 3.05) is 0 Å². The molecule has 1 aromatic rings. The van der Waals surface area contributed by atoms with Gasteiger partial charge in [-0.25, -0.2) is 0 Å². The van der Waals surface area contributed by atoms with Crippen LogP contribution in [0.1, 0.15) is 32.3 Å². The number of benzene rings is 1. The van der Waals surface area contributed by atoms with E-state index in [2.05, 4.69) is 102 Å². The zero-order chi connectivity index (χ0) is 20.5. The van der Waals surface area contributed by atoms with E-state index in [-0.39, 0.29) is 16.0 Å². The van der Waals surface area contributed by atoms with Gasteiger partial charge in [0.2, 0.25) is 0 Å². The highest BCUT2D eigenvalue weighted by Crippen LogP contribution is 2.85. The zero-order valence-corrected chi connectivity index (χ0v) is 24.3. The monoisotopic (exact) mass is 676 g/mol. The van der Waals surface area contributed by atoms with Crippen LogP contribution >= 0.6 is 66.6 Å². The standard InChI is InChI=1S/C23H27B2ClI2P2/c1-23(2,10-6-4-3-5-7-10)30(28)25-20-14-9-12-16(20)18(12)22(14)29(27)24-19-13-8-11-15(19)17(11)21(13)26/h3-7,11-22H,8-9H2,1-2H3. The van der Waals surface area contributed by atoms with Gasteiger partial charge in [-0.2, -0.15) is 0 Å². The molecule has 8 fully saturated rings. The number of hydrogen-bond acceptors (Lipinski definition) is 0. The van der Waals surface area contributed by atoms with Crippen molar-refractivity contribution in [1.82, 2.24) is 0 Å². The molecule has 0 spiro atoms. The minimum absolute atomic E-state index is 0.0405. The fourth-order valence-corrected chi connectivity index (χ4v) is 18.5. The van der Waals surface area contributed by atoms with Gasteiger partial charge in [0.1, 0.15) is 0 Å². The van der Waals surface area contributed by atoms with E-state index >= 15 is 0 Å². The lowest BCUT2D eigenvalue weighted by Gasteiger charge is -2.34. The zero-order valence-electron chi connectivity index (χ0n) is 17.4. The van der Waals surface area contributed by atoms with E-state index in [0.717, 1.165) is 64.6 Å². The molecule has 0 N–H and O–H groups in total. The van der Waals surface area contributed by atoms with Crippen LogP contribution in [0.25, 0.3) is 0 Å². The first-order valence-corrected chi connectivity index (χ1v) is 20.6. The van der Waals surface area contributed by atoms with Gasteiger partial charge in [0.25, 0.3) is 0 Å². The molecule has 2 radical (unpaired) electrons. The van der Waals surface area contributed by atoms with Crippen LogP contribution in [0.2, 0.25) is 11.6 Å². The molecule has 0 aliphatic heterocycles. The fraction of sp³-hybridized carbons (Fsp3) is 0.739. The smallest absolute Gasteiger partial charge is 0.122 e. The fourth-order valence-electron chi connectivity index (χ4n) is 8.63. The van der Waals surface area contributed by atoms with Crippen molar-refractivity contribution in [3.05, 3.63) is 35.9 Å². The molecule has 0 nitrogen and oxygen atoms in total. The summed E-state index contributed by atoms with van der Waals surface area (Å²) >= 11 is 12.5. The van der Waals surface area contributed by atoms with Crippen LogP contribution in [0.4, 0.5) is 0 Å². The summed E-state index contributed by atoms with van der Waals surface area (Å²) in [6.45, 7) is 10.7. The van der Waals surface area contributed by atoms with E-state index in [1.54, 1.807) is 6.42 Å². The Hall–Kier alpha value is 1.96. The summed E-state index contributed by atoms with van der Waals surface area (Å²) in [7, 11) is 0. The summed E-state index contributed by atoms with van der Waals surface area (Å²) in [6, 6.07) is 11.2. The first-order valence-electron chi connectivity index (χ1n) is 11.7. The van der Waals surface area contributed by atoms with E-state index in [9.17, 15) is 0 Å². The van der Waals surface area contributed by atoms with Crippen LogP contribution in [0, 0.1) is 47.3 Å². The molecule has 8 aliphatic rings. The summed E-state index contributed by atoms with van der Waals surface area (Å²) in [4.78, 5) is 0. The van der Waals surface area contributed by atoms with Crippen LogP contribution < -0.4 is 0 Å². The van der Waals surface area contributed by atoms with Gasteiger partial charge in [0, 0.05) is 10.5 Å². The van der Waals surface area contributed by atoms with Gasteiger partial charge in [0.15, 0.2) is 14.0 Å². The van der Waals surface area contributed by atoms with Gasteiger partial charge in [-0.3, -0.25) is 0 Å². The third-order valence-electron chi connectivity index (χ3n) is 10.1. The molecule has 8 aliphatic carbocycles. The molecule has 9 rings (SSSR count). The maximum absolute atomic E-state index is 6.76. The third kappa shape index (κ3) is 2.85. The Balaban J connectivity index is 1.04. The Labute approximate surface area is 216 Å². The number of hydrogen-bond donors (Lipinski definition) is 0. The normalized spacial score (nSPS) is 53.0. The quantitative estimate of drug-likeness (QED) is 0.118. The van der Waals surface area contributed by atoms with Crippen molar-refractivity contribution in [3.8, 4) is 0 Å². The van der Waals surface area contributed by atoms with Gasteiger partial charge in [-0.1, -0.05) is 111 Å². The van der Waals surface area contributed by atoms with Crippen LogP contribution in [0.5, 0.6) is 0 Å². The molecule has 156 valence electrons. The predicted octanol–water partition coefficient (Wildman–Crippen LogP) is 8.17. The number of alkyl halides is 1. The summed E-state index contributed by atoms with van der Waals surface area (Å²) in [5.41, 5.74) is 2.43. The van der Waals surface area contributed by atoms with E-state index in [1.165, 1.54) is 12.0 Å². The maximum Gasteiger partial charge on any atom is 0.165 e. The molecule has 0 aromatic heterocycles. The Kier molecular flexibility index (Phi) is 5.13. The second kappa shape index (κ2) is 7.24. The second-order valence-corrected chi connectivity index (χ2v) is 22.0. The van der Waals surface area contributed by atoms with Gasteiger partial charge < -0.3 is 0 Å². The molecule has 14 unspecified atom stereocenters. The van der Waals surface area contributed by atoms with Crippen LogP contribution in [0.3, 0.4) is 0 Å². The number of rotatable bonds is 7. The first-order chi connectivity index (χ1) is 14.4. The van der Waals surface area contributed by atoms with Gasteiger partial charge in [-0.05, 0) is 71.4 Å². The molecule has 14 atom stereocenters. The SMILES string of the molecule is CC(C)(c1ccccc1)P(I)[B]C1C2CC3C1C3C2P(I)[B]C1C2CC3C(C2Cl)C13. The lowest BCUT2D eigenvalue weighted by Crippen LogP contribution is -2.21. The van der Waals surface area contributed by atoms with E-state index in [1.807, 2.05) is 0 Å². The predicted molar refractivity (Wildman–Crippen MR) is 151 cm³/mol. The van der Waals surface area contributed by atoms with Crippen molar-refractivity contribution < 1.29 is 0 Å². The Morgan fingerprint density at radius 3 is 2.10 bits per heavy atom. The highest BCUT2D eigenvalue weighted by atomic mass is 127. The van der Waals surface area contributed by atoms with Gasteiger partial charge in [0.05, 0.1) is 0 Å². The van der Waals surface area contributed by atoms with Crippen LogP contribution in [0.15, 0.2) is 30.3 Å². The average molecular weight is 676 g/mol. The van der Waals surface area contributed by atoms with Crippen LogP contribution in [-0.2, 0) is 5.16 Å². The minimum Gasteiger partial charge on any atom is -0.122 e. The second-order valence-electron chi connectivity index (χ2n) is 11.4. The van der Waals surface area contributed by atoms with Crippen molar-refractivity contribution in [1.29, 1.82) is 0 Å². The number of halogens is 3. The summed E-state index contributed by atoms with van der Waals surface area (Å²) in [5.74, 6) is 9.78. The minimum atomic E-state index is -0.147. The molecule has 0 heterocycles. The van der Waals surface area contributed by atoms with Crippen molar-refractivity contribution in [2.24, 2.45) is 47.3 Å². The van der Waals surface area contributed by atoms with E-state index < -0.39 is 0 Å². The molecule has 8 bridgehead atoms. The first kappa shape index (κ1) is 21.3. The molecule has 0 saturated heterocycles. The lowest BCUT2D eigenvalue weighted by molar-refractivity contribution is 0.604. The lowest BCUT2D eigenvalue weighted by atomic mass is 9.77. The Bertz CT molecular complexity index is 874. The molecule has 1 aromatic carbocycles. The maximum atomic E-state index is 6.76. The highest BCUT2D eigenvalue weighted by molar-refractivity contribution is 14.2. The highest BCUT2D eigenvalue weighted by Gasteiger charge is 2.76. The third-order valence-corrected chi connectivity index (χ3v) is 22.0. The van der Waals surface area contributed by atoms with Crippen LogP contribution in [-0.4, -0.2) is 25.0 Å². The Morgan fingerprint density at radius 2 is 1.50 bits per heavy atom. The van der Waals surface area contributed by atoms with Crippen molar-refractivity contribution in [2.45, 2.75) is 54.5 Å². The summed E-state index contributed by atoms with van der Waals surface area (Å²) in [6.07, 6.45) is 3.00. The van der Waals surface area contributed by atoms with E-state index in [0.29, 0.717) is 5.38 Å². The van der Waals surface area contributed by atoms with Crippen molar-refractivity contribution in [3.63, 3.8) is 0 Å². The molecule has 30 heavy (non-hydrogen) atoms. The largest absolute Gasteiger partial charge is 0.165 e. The molecular weight excluding hydrogens is 649 g/mol. The topological polar surface area (TPSA) is 0 Å². The molecule has 7 heteroatoms. The van der Waals surface area contributed by atoms with Crippen molar-refractivity contribution >= 4 is 80.6 Å². The van der Waals surface area contributed by atoms with Gasteiger partial charge in [-0.15, -0.1) is 11.6 Å². The van der Waals surface area contributed by atoms with Gasteiger partial charge >= 0.3 is 0 Å². The summed E-state index contributed by atoms with van der Waals surface area (Å²) in [5, 5.41) is 0.794. The average Bonchev–Trinajstić information content (AvgIpc) is 3.14. The molecule has 0 amide bonds.